The van der Waals surface area contributed by atoms with Gasteiger partial charge in [0.05, 0.1) is 5.56 Å². The average Bonchev–Trinajstić information content (AvgIpc) is 2.91. The Morgan fingerprint density at radius 2 is 1.50 bits per heavy atom. The molecule has 0 aromatic heterocycles. The van der Waals surface area contributed by atoms with Gasteiger partial charge in [-0.1, -0.05) is 84.9 Å². The molecule has 36 heavy (non-hydrogen) atoms. The highest BCUT2D eigenvalue weighted by atomic mass is 19.4. The number of alkyl halides is 3. The second-order valence-electron chi connectivity index (χ2n) is 9.87. The van der Waals surface area contributed by atoms with Crippen LogP contribution in [-0.4, -0.2) is 0 Å². The molecular formula is C33H27F3. The van der Waals surface area contributed by atoms with Crippen molar-refractivity contribution in [1.82, 2.24) is 0 Å². The summed E-state index contributed by atoms with van der Waals surface area (Å²) in [5, 5.41) is 2.48. The van der Waals surface area contributed by atoms with Crippen LogP contribution in [0, 0.1) is 0 Å². The van der Waals surface area contributed by atoms with E-state index in [2.05, 4.69) is 66.7 Å². The minimum atomic E-state index is -4.33. The molecule has 4 aromatic rings. The predicted molar refractivity (Wildman–Crippen MR) is 140 cm³/mol. The van der Waals surface area contributed by atoms with Crippen LogP contribution in [-0.2, 0) is 19.0 Å². The van der Waals surface area contributed by atoms with E-state index in [1.807, 2.05) is 6.07 Å². The molecule has 4 aromatic carbocycles. The van der Waals surface area contributed by atoms with Crippen LogP contribution in [0.5, 0.6) is 0 Å². The molecule has 180 valence electrons. The van der Waals surface area contributed by atoms with Crippen molar-refractivity contribution in [2.75, 3.05) is 0 Å². The highest BCUT2D eigenvalue weighted by Gasteiger charge is 2.30. The zero-order valence-electron chi connectivity index (χ0n) is 20.0. The third-order valence-electron chi connectivity index (χ3n) is 7.78. The molecule has 2 aliphatic rings. The first kappa shape index (κ1) is 22.8. The molecule has 0 aliphatic heterocycles. The summed E-state index contributed by atoms with van der Waals surface area (Å²) in [5.74, 6) is 0.425. The molecule has 0 nitrogen and oxygen atoms in total. The van der Waals surface area contributed by atoms with E-state index < -0.39 is 11.7 Å². The summed E-state index contributed by atoms with van der Waals surface area (Å²) in [4.78, 5) is 0. The fourth-order valence-corrected chi connectivity index (χ4v) is 5.97. The topological polar surface area (TPSA) is 0 Å². The molecule has 1 unspecified atom stereocenters. The van der Waals surface area contributed by atoms with E-state index in [1.54, 1.807) is 12.1 Å². The molecule has 6 rings (SSSR count). The van der Waals surface area contributed by atoms with Crippen molar-refractivity contribution in [2.45, 2.75) is 44.2 Å². The van der Waals surface area contributed by atoms with Crippen molar-refractivity contribution >= 4 is 11.6 Å². The van der Waals surface area contributed by atoms with Gasteiger partial charge in [0.15, 0.2) is 0 Å². The first-order chi connectivity index (χ1) is 17.5. The molecule has 2 aliphatic carbocycles. The summed E-state index contributed by atoms with van der Waals surface area (Å²) in [6, 6.07) is 29.4. The third-order valence-corrected chi connectivity index (χ3v) is 7.78. The maximum Gasteiger partial charge on any atom is 0.416 e. The fraction of sp³-hybridized carbons (Fsp3) is 0.212. The van der Waals surface area contributed by atoms with E-state index in [-0.39, 0.29) is 0 Å². The maximum atomic E-state index is 13.2. The zero-order chi connectivity index (χ0) is 24.7. The van der Waals surface area contributed by atoms with E-state index in [4.69, 9.17) is 0 Å². The summed E-state index contributed by atoms with van der Waals surface area (Å²) in [5.41, 5.74) is 7.95. The Hall–Kier alpha value is -3.59. The summed E-state index contributed by atoms with van der Waals surface area (Å²) in [6.07, 6.45) is 2.81. The van der Waals surface area contributed by atoms with Gasteiger partial charge in [-0.25, -0.2) is 0 Å². The van der Waals surface area contributed by atoms with Gasteiger partial charge in [0.2, 0.25) is 0 Å². The summed E-state index contributed by atoms with van der Waals surface area (Å²) in [6.45, 7) is 0. The standard InChI is InChI=1S/C33H27F3/c34-33(35,36)26-16-12-25(13-17-26)28-18-14-24(11-10-22-6-2-1-3-7-22)29-20-21-30-27-9-5-4-8-23(27)15-19-31(30)32(28)29/h1-9,12-13,16-17,19-21,24H,10-11,14-15,18H2. The number of halogens is 3. The van der Waals surface area contributed by atoms with Crippen molar-refractivity contribution in [2.24, 2.45) is 0 Å². The van der Waals surface area contributed by atoms with Crippen LogP contribution in [0.4, 0.5) is 13.2 Å². The molecule has 0 fully saturated rings. The van der Waals surface area contributed by atoms with Crippen LogP contribution in [0.3, 0.4) is 0 Å². The van der Waals surface area contributed by atoms with Gasteiger partial charge in [-0.05, 0) is 99.5 Å². The molecule has 0 N–H and O–H groups in total. The van der Waals surface area contributed by atoms with Gasteiger partial charge in [-0.3, -0.25) is 0 Å². The molecule has 1 atom stereocenters. The molecular weight excluding hydrogens is 453 g/mol. The van der Waals surface area contributed by atoms with Crippen LogP contribution in [0.1, 0.15) is 53.0 Å². The molecule has 0 radical (unpaired) electrons. The van der Waals surface area contributed by atoms with E-state index in [9.17, 15) is 13.2 Å². The number of benzene rings is 4. The number of rotatable bonds is 4. The van der Waals surface area contributed by atoms with E-state index >= 15 is 0 Å². The van der Waals surface area contributed by atoms with Crippen molar-refractivity contribution in [1.29, 1.82) is 0 Å². The molecule has 0 saturated carbocycles. The summed E-state index contributed by atoms with van der Waals surface area (Å²) >= 11 is 0. The third kappa shape index (κ3) is 4.17. The minimum absolute atomic E-state index is 0.425. The van der Waals surface area contributed by atoms with Gasteiger partial charge >= 0.3 is 6.18 Å². The SMILES string of the molecule is FC(F)(F)c1ccc(C2=c3c(ccc4c3=CCc3ccccc3-4)C(CCc3ccccc3)CC2)cc1. The summed E-state index contributed by atoms with van der Waals surface area (Å²) < 4.78 is 39.7. The van der Waals surface area contributed by atoms with Gasteiger partial charge in [0.1, 0.15) is 0 Å². The number of aryl methyl sites for hydroxylation is 1. The maximum absolute atomic E-state index is 13.2. The van der Waals surface area contributed by atoms with Crippen LogP contribution < -0.4 is 10.4 Å². The Balaban J connectivity index is 1.51. The lowest BCUT2D eigenvalue weighted by atomic mass is 9.76. The fourth-order valence-electron chi connectivity index (χ4n) is 5.97. The van der Waals surface area contributed by atoms with Crippen LogP contribution in [0.2, 0.25) is 0 Å². The largest absolute Gasteiger partial charge is 0.416 e. The Morgan fingerprint density at radius 1 is 0.750 bits per heavy atom. The lowest BCUT2D eigenvalue weighted by molar-refractivity contribution is -0.137. The molecule has 0 spiro atoms. The van der Waals surface area contributed by atoms with Crippen molar-refractivity contribution < 1.29 is 13.2 Å². The average molecular weight is 481 g/mol. The minimum Gasteiger partial charge on any atom is -0.166 e. The smallest absolute Gasteiger partial charge is 0.166 e. The van der Waals surface area contributed by atoms with Gasteiger partial charge < -0.3 is 0 Å². The van der Waals surface area contributed by atoms with Gasteiger partial charge in [0.25, 0.3) is 0 Å². The Labute approximate surface area is 209 Å². The quantitative estimate of drug-likeness (QED) is 0.285. The predicted octanol–water partition coefficient (Wildman–Crippen LogP) is 7.42. The van der Waals surface area contributed by atoms with Crippen molar-refractivity contribution in [3.8, 4) is 11.1 Å². The second-order valence-corrected chi connectivity index (χ2v) is 9.87. The first-order valence-electron chi connectivity index (χ1n) is 12.6. The second kappa shape index (κ2) is 9.13. The zero-order valence-corrected chi connectivity index (χ0v) is 20.0. The Kier molecular flexibility index (Phi) is 5.79. The van der Waals surface area contributed by atoms with E-state index in [1.165, 1.54) is 56.0 Å². The molecule has 0 saturated heterocycles. The van der Waals surface area contributed by atoms with Gasteiger partial charge in [-0.2, -0.15) is 13.2 Å². The van der Waals surface area contributed by atoms with Crippen LogP contribution in [0.15, 0.2) is 91.0 Å². The van der Waals surface area contributed by atoms with Crippen LogP contribution >= 0.6 is 0 Å². The summed E-state index contributed by atoms with van der Waals surface area (Å²) in [7, 11) is 0. The molecule has 3 heteroatoms. The van der Waals surface area contributed by atoms with Crippen LogP contribution in [0.25, 0.3) is 22.8 Å². The first-order valence-corrected chi connectivity index (χ1v) is 12.6. The van der Waals surface area contributed by atoms with Crippen molar-refractivity contribution in [3.63, 3.8) is 0 Å². The van der Waals surface area contributed by atoms with E-state index in [0.29, 0.717) is 5.92 Å². The van der Waals surface area contributed by atoms with Gasteiger partial charge in [-0.15, -0.1) is 0 Å². The highest BCUT2D eigenvalue weighted by molar-refractivity contribution is 5.77. The number of fused-ring (bicyclic) bond motifs is 5. The molecule has 0 bridgehead atoms. The van der Waals surface area contributed by atoms with Crippen molar-refractivity contribution in [3.05, 3.63) is 129 Å². The lowest BCUT2D eigenvalue weighted by Crippen LogP contribution is -2.38. The lowest BCUT2D eigenvalue weighted by Gasteiger charge is -2.28. The highest BCUT2D eigenvalue weighted by Crippen LogP contribution is 2.36. The number of hydrogen-bond acceptors (Lipinski definition) is 0. The van der Waals surface area contributed by atoms with Gasteiger partial charge in [0, 0.05) is 0 Å². The number of hydrogen-bond donors (Lipinski definition) is 0. The normalized spacial score (nSPS) is 16.5. The Bertz CT molecular complexity index is 1530. The molecule has 0 amide bonds. The molecule has 0 heterocycles. The van der Waals surface area contributed by atoms with E-state index in [0.717, 1.165) is 37.7 Å². The Morgan fingerprint density at radius 3 is 2.28 bits per heavy atom. The monoisotopic (exact) mass is 480 g/mol.